The van der Waals surface area contributed by atoms with Gasteiger partial charge in [0.05, 0.1) is 0 Å². The lowest BCUT2D eigenvalue weighted by Crippen LogP contribution is -2.59. The third-order valence-electron chi connectivity index (χ3n) is 7.73. The molecule has 0 aliphatic carbocycles. The van der Waals surface area contributed by atoms with E-state index in [1.807, 2.05) is 85.7 Å². The number of rotatable bonds is 10. The predicted octanol–water partition coefficient (Wildman–Crippen LogP) is 2.85. The molecule has 10 heteroatoms. The quantitative estimate of drug-likeness (QED) is 0.281. The molecule has 43 heavy (non-hydrogen) atoms. The van der Waals surface area contributed by atoms with Gasteiger partial charge < -0.3 is 26.6 Å². The highest BCUT2D eigenvalue weighted by atomic mass is 16.2. The van der Waals surface area contributed by atoms with E-state index in [1.54, 1.807) is 0 Å². The first-order valence-electron chi connectivity index (χ1n) is 15.8. The van der Waals surface area contributed by atoms with Gasteiger partial charge in [0.2, 0.25) is 29.5 Å². The maximum absolute atomic E-state index is 13.8. The van der Waals surface area contributed by atoms with Gasteiger partial charge in [-0.05, 0) is 48.5 Å². The Morgan fingerprint density at radius 3 is 1.30 bits per heavy atom. The van der Waals surface area contributed by atoms with Gasteiger partial charge in [0.25, 0.3) is 0 Å². The summed E-state index contributed by atoms with van der Waals surface area (Å²) < 4.78 is 0. The summed E-state index contributed by atoms with van der Waals surface area (Å²) in [6, 6.07) is 4.64. The Labute approximate surface area is 257 Å². The molecule has 0 radical (unpaired) electrons. The first-order valence-corrected chi connectivity index (χ1v) is 15.8. The smallest absolute Gasteiger partial charge is 0.243 e. The Hall–Kier alpha value is -3.43. The first-order chi connectivity index (χ1) is 20.2. The minimum atomic E-state index is -0.997. The van der Waals surface area contributed by atoms with Crippen molar-refractivity contribution >= 4 is 29.5 Å². The van der Waals surface area contributed by atoms with Crippen molar-refractivity contribution in [1.82, 2.24) is 26.6 Å². The van der Waals surface area contributed by atoms with Crippen LogP contribution >= 0.6 is 0 Å². The van der Waals surface area contributed by atoms with Crippen LogP contribution in [-0.2, 0) is 30.4 Å². The average molecular weight is 600 g/mol. The Morgan fingerprint density at radius 1 is 0.535 bits per heavy atom. The molecule has 1 saturated heterocycles. The Kier molecular flexibility index (Phi) is 14.1. The van der Waals surface area contributed by atoms with E-state index in [0.29, 0.717) is 25.7 Å². The second-order valence-electron chi connectivity index (χ2n) is 13.2. The molecule has 0 spiro atoms. The average Bonchev–Trinajstić information content (AvgIpc) is 2.93. The maximum Gasteiger partial charge on any atom is 0.243 e. The molecule has 1 heterocycles. The standard InChI is InChI=1S/C33H53N5O5/c1-9-22(8)28-33(43)37-27(18-23-13-11-10-12-14-23)31(41)35-25(16-20(4)5)29(39)34-24(15-19(2)3)30(40)36-26(17-21(6)7)32(42)38-28/h10-14,19-22,24-28H,9,15-18H2,1-8H3,(H,34,39)(H,35,41)(H,36,40)(H,37,43)(H,38,42)/t22-,24-,25-,26-,27-,28-/m0/s1. The molecule has 0 bridgehead atoms. The van der Waals surface area contributed by atoms with Gasteiger partial charge in [0.15, 0.2) is 0 Å². The summed E-state index contributed by atoms with van der Waals surface area (Å²) in [6.07, 6.45) is 1.83. The number of hydrogen-bond acceptors (Lipinski definition) is 5. The highest BCUT2D eigenvalue weighted by Gasteiger charge is 2.36. The molecule has 0 aromatic heterocycles. The Balaban J connectivity index is 2.61. The van der Waals surface area contributed by atoms with E-state index in [4.69, 9.17) is 0 Å². The molecule has 1 aromatic carbocycles. The number of carbonyl (C=O) groups is 5. The van der Waals surface area contributed by atoms with Gasteiger partial charge in [0, 0.05) is 6.42 Å². The van der Waals surface area contributed by atoms with Gasteiger partial charge in [0.1, 0.15) is 30.2 Å². The van der Waals surface area contributed by atoms with Gasteiger partial charge in [-0.25, -0.2) is 0 Å². The first kappa shape index (κ1) is 35.8. The zero-order chi connectivity index (χ0) is 32.3. The van der Waals surface area contributed by atoms with Crippen molar-refractivity contribution in [3.63, 3.8) is 0 Å². The summed E-state index contributed by atoms with van der Waals surface area (Å²) in [5.41, 5.74) is 0.832. The summed E-state index contributed by atoms with van der Waals surface area (Å²) >= 11 is 0. The molecule has 0 saturated carbocycles. The fraction of sp³-hybridized carbons (Fsp3) is 0.667. The largest absolute Gasteiger partial charge is 0.343 e. The maximum atomic E-state index is 13.8. The molecular formula is C33H53N5O5. The predicted molar refractivity (Wildman–Crippen MR) is 168 cm³/mol. The van der Waals surface area contributed by atoms with Crippen molar-refractivity contribution in [2.75, 3.05) is 0 Å². The normalized spacial score (nSPS) is 25.3. The molecule has 1 aromatic rings. The van der Waals surface area contributed by atoms with Gasteiger partial charge in [-0.3, -0.25) is 24.0 Å². The SMILES string of the molecule is CC[C@H](C)[C@@H]1NC(=O)[C@H](CC(C)C)NC(=O)[C@H](CC(C)C)NC(=O)[C@H](CC(C)C)NC(=O)[C@H](Cc2ccccc2)NC1=O. The summed E-state index contributed by atoms with van der Waals surface area (Å²) in [7, 11) is 0. The van der Waals surface area contributed by atoms with E-state index >= 15 is 0 Å². The minimum Gasteiger partial charge on any atom is -0.343 e. The van der Waals surface area contributed by atoms with Crippen molar-refractivity contribution in [2.45, 2.75) is 118 Å². The molecule has 1 fully saturated rings. The second-order valence-corrected chi connectivity index (χ2v) is 13.2. The number of amides is 5. The molecule has 6 atom stereocenters. The summed E-state index contributed by atoms with van der Waals surface area (Å²) in [4.78, 5) is 68.4. The van der Waals surface area contributed by atoms with Crippen LogP contribution in [-0.4, -0.2) is 59.7 Å². The zero-order valence-electron chi connectivity index (χ0n) is 27.2. The van der Waals surface area contributed by atoms with Crippen molar-refractivity contribution in [3.05, 3.63) is 35.9 Å². The fourth-order valence-electron chi connectivity index (χ4n) is 5.20. The van der Waals surface area contributed by atoms with Crippen LogP contribution in [0.5, 0.6) is 0 Å². The number of benzene rings is 1. The molecule has 10 nitrogen and oxygen atoms in total. The number of carbonyl (C=O) groups excluding carboxylic acids is 5. The van der Waals surface area contributed by atoms with E-state index in [2.05, 4.69) is 26.6 Å². The molecule has 240 valence electrons. The molecule has 1 aliphatic rings. The third kappa shape index (κ3) is 11.6. The van der Waals surface area contributed by atoms with Crippen LogP contribution in [0.4, 0.5) is 0 Å². The lowest BCUT2D eigenvalue weighted by molar-refractivity contribution is -0.135. The van der Waals surface area contributed by atoms with E-state index in [-0.39, 0.29) is 30.1 Å². The van der Waals surface area contributed by atoms with E-state index < -0.39 is 59.7 Å². The van der Waals surface area contributed by atoms with Gasteiger partial charge in [-0.2, -0.15) is 0 Å². The second kappa shape index (κ2) is 17.0. The van der Waals surface area contributed by atoms with Crippen molar-refractivity contribution in [1.29, 1.82) is 0 Å². The number of hydrogen-bond donors (Lipinski definition) is 5. The molecule has 2 rings (SSSR count). The number of nitrogens with one attached hydrogen (secondary N) is 5. The third-order valence-corrected chi connectivity index (χ3v) is 7.73. The summed E-state index contributed by atoms with van der Waals surface area (Å²) in [5, 5.41) is 14.3. The highest BCUT2D eigenvalue weighted by Crippen LogP contribution is 2.15. The van der Waals surface area contributed by atoms with Crippen LogP contribution in [0.15, 0.2) is 30.3 Å². The van der Waals surface area contributed by atoms with Gasteiger partial charge in [-0.15, -0.1) is 0 Å². The van der Waals surface area contributed by atoms with E-state index in [0.717, 1.165) is 5.56 Å². The van der Waals surface area contributed by atoms with E-state index in [9.17, 15) is 24.0 Å². The molecule has 5 amide bonds. The Morgan fingerprint density at radius 2 is 0.907 bits per heavy atom. The van der Waals surface area contributed by atoms with E-state index in [1.165, 1.54) is 0 Å². The molecule has 0 unspecified atom stereocenters. The van der Waals surface area contributed by atoms with Crippen LogP contribution in [0.3, 0.4) is 0 Å². The summed E-state index contributed by atoms with van der Waals surface area (Å²) in [6.45, 7) is 15.5. The van der Waals surface area contributed by atoms with Crippen LogP contribution in [0.25, 0.3) is 0 Å². The van der Waals surface area contributed by atoms with Crippen molar-refractivity contribution in [3.8, 4) is 0 Å². The van der Waals surface area contributed by atoms with Gasteiger partial charge >= 0.3 is 0 Å². The fourth-order valence-corrected chi connectivity index (χ4v) is 5.20. The zero-order valence-corrected chi connectivity index (χ0v) is 27.2. The topological polar surface area (TPSA) is 146 Å². The van der Waals surface area contributed by atoms with Crippen LogP contribution < -0.4 is 26.6 Å². The molecule has 5 N–H and O–H groups in total. The van der Waals surface area contributed by atoms with Crippen LogP contribution in [0.2, 0.25) is 0 Å². The monoisotopic (exact) mass is 599 g/mol. The lowest BCUT2D eigenvalue weighted by atomic mass is 9.95. The molecular weight excluding hydrogens is 546 g/mol. The minimum absolute atomic E-state index is 0.0599. The van der Waals surface area contributed by atoms with Gasteiger partial charge in [-0.1, -0.05) is 92.1 Å². The van der Waals surface area contributed by atoms with Crippen LogP contribution in [0, 0.1) is 23.7 Å². The van der Waals surface area contributed by atoms with Crippen molar-refractivity contribution in [2.24, 2.45) is 23.7 Å². The van der Waals surface area contributed by atoms with Crippen molar-refractivity contribution < 1.29 is 24.0 Å². The highest BCUT2D eigenvalue weighted by molar-refractivity contribution is 5.98. The van der Waals surface area contributed by atoms with Crippen LogP contribution in [0.1, 0.15) is 86.6 Å². The Bertz CT molecular complexity index is 1090. The summed E-state index contributed by atoms with van der Waals surface area (Å²) in [5.74, 6) is -2.49. The molecule has 1 aliphatic heterocycles. The lowest BCUT2D eigenvalue weighted by Gasteiger charge is -2.29.